The molecular weight excluding hydrogens is 360 g/mol. The Morgan fingerprint density at radius 1 is 1.04 bits per heavy atom. The van der Waals surface area contributed by atoms with E-state index in [2.05, 4.69) is 26.5 Å². The average molecular weight is 390 g/mol. The number of esters is 2. The second kappa shape index (κ2) is 11.1. The number of rotatable bonds is 10. The summed E-state index contributed by atoms with van der Waals surface area (Å²) in [6.45, 7) is 8.00. The maximum absolute atomic E-state index is 12.1. The fourth-order valence-corrected chi connectivity index (χ4v) is 2.64. The Morgan fingerprint density at radius 2 is 1.54 bits per heavy atom. The maximum atomic E-state index is 12.1. The molecule has 1 aromatic rings. The first kappa shape index (κ1) is 23.2. The molecule has 1 rings (SSSR count). The predicted molar refractivity (Wildman–Crippen MR) is 108 cm³/mol. The molecule has 0 amide bonds. The summed E-state index contributed by atoms with van der Waals surface area (Å²) in [5.41, 5.74) is 0.404. The normalized spacial score (nSPS) is 12.8. The molecule has 0 fully saturated rings. The number of hydrogen-bond donors (Lipinski definition) is 2. The van der Waals surface area contributed by atoms with Crippen molar-refractivity contribution >= 4 is 23.7 Å². The first-order valence-corrected chi connectivity index (χ1v) is 9.24. The molecule has 154 valence electrons. The average Bonchev–Trinajstić information content (AvgIpc) is 2.65. The fraction of sp³-hybridized carbons (Fsp3) is 0.600. The first-order valence-electron chi connectivity index (χ1n) is 9.24. The zero-order valence-corrected chi connectivity index (χ0v) is 17.4. The van der Waals surface area contributed by atoms with E-state index < -0.39 is 24.0 Å². The summed E-state index contributed by atoms with van der Waals surface area (Å²) in [5.74, 6) is 2.74. The van der Waals surface area contributed by atoms with Crippen molar-refractivity contribution in [1.82, 2.24) is 9.97 Å². The van der Waals surface area contributed by atoms with Gasteiger partial charge in [0.15, 0.2) is 0 Å². The third-order valence-electron chi connectivity index (χ3n) is 3.94. The first-order chi connectivity index (χ1) is 13.2. The number of anilines is 2. The third kappa shape index (κ3) is 7.06. The van der Waals surface area contributed by atoms with E-state index in [-0.39, 0.29) is 17.8 Å². The maximum Gasteiger partial charge on any atom is 0.328 e. The highest BCUT2D eigenvalue weighted by Crippen LogP contribution is 2.19. The predicted octanol–water partition coefficient (Wildman–Crippen LogP) is 2.46. The Hall–Kier alpha value is -2.82. The highest BCUT2D eigenvalue weighted by molar-refractivity contribution is 5.80. The minimum absolute atomic E-state index is 0.214. The number of terminal acetylenes is 1. The van der Waals surface area contributed by atoms with Gasteiger partial charge in [-0.05, 0) is 24.7 Å². The van der Waals surface area contributed by atoms with E-state index in [0.717, 1.165) is 0 Å². The van der Waals surface area contributed by atoms with Crippen LogP contribution in [0.4, 0.5) is 11.8 Å². The third-order valence-corrected chi connectivity index (χ3v) is 3.94. The summed E-state index contributed by atoms with van der Waals surface area (Å²) in [6, 6.07) is -1.20. The summed E-state index contributed by atoms with van der Waals surface area (Å²) in [7, 11) is 2.67. The molecule has 0 aromatic carbocycles. The van der Waals surface area contributed by atoms with Crippen LogP contribution in [0, 0.1) is 24.2 Å². The van der Waals surface area contributed by atoms with Crippen molar-refractivity contribution in [2.75, 3.05) is 24.9 Å². The smallest absolute Gasteiger partial charge is 0.328 e. The van der Waals surface area contributed by atoms with Gasteiger partial charge in [-0.15, -0.1) is 6.42 Å². The number of ether oxygens (including phenoxy) is 2. The zero-order chi connectivity index (χ0) is 21.3. The molecule has 2 N–H and O–H groups in total. The van der Waals surface area contributed by atoms with E-state index in [1.807, 2.05) is 27.7 Å². The molecular formula is C20H30N4O4. The second-order valence-corrected chi connectivity index (χ2v) is 7.30. The molecule has 28 heavy (non-hydrogen) atoms. The zero-order valence-electron chi connectivity index (χ0n) is 17.4. The lowest BCUT2D eigenvalue weighted by atomic mass is 10.0. The molecule has 8 heteroatoms. The van der Waals surface area contributed by atoms with Gasteiger partial charge < -0.3 is 20.1 Å². The van der Waals surface area contributed by atoms with Gasteiger partial charge in [-0.25, -0.2) is 14.6 Å². The van der Waals surface area contributed by atoms with Crippen LogP contribution in [0.15, 0.2) is 6.20 Å². The van der Waals surface area contributed by atoms with Crippen LogP contribution in [0.3, 0.4) is 0 Å². The lowest BCUT2D eigenvalue weighted by Gasteiger charge is -2.21. The van der Waals surface area contributed by atoms with Gasteiger partial charge >= 0.3 is 11.9 Å². The van der Waals surface area contributed by atoms with Crippen molar-refractivity contribution in [2.45, 2.75) is 52.6 Å². The lowest BCUT2D eigenvalue weighted by Crippen LogP contribution is -2.34. The molecule has 1 heterocycles. The van der Waals surface area contributed by atoms with Crippen LogP contribution in [-0.4, -0.2) is 48.2 Å². The van der Waals surface area contributed by atoms with Gasteiger partial charge in [-0.3, -0.25) is 0 Å². The summed E-state index contributed by atoms with van der Waals surface area (Å²) in [5, 5.41) is 6.04. The molecule has 0 unspecified atom stereocenters. The number of nitrogens with one attached hydrogen (secondary N) is 2. The van der Waals surface area contributed by atoms with Crippen molar-refractivity contribution in [1.29, 1.82) is 0 Å². The quantitative estimate of drug-likeness (QED) is 0.464. The molecule has 8 nitrogen and oxygen atoms in total. The summed E-state index contributed by atoms with van der Waals surface area (Å²) in [6.07, 6.45) is 8.10. The highest BCUT2D eigenvalue weighted by atomic mass is 16.5. The molecule has 2 atom stereocenters. The second-order valence-electron chi connectivity index (χ2n) is 7.30. The molecule has 0 aliphatic heterocycles. The van der Waals surface area contributed by atoms with E-state index in [1.165, 1.54) is 20.4 Å². The van der Waals surface area contributed by atoms with Crippen LogP contribution in [0.1, 0.15) is 46.1 Å². The lowest BCUT2D eigenvalue weighted by molar-refractivity contribution is -0.142. The number of aromatic nitrogens is 2. The molecule has 0 bridgehead atoms. The van der Waals surface area contributed by atoms with Crippen LogP contribution in [0.2, 0.25) is 0 Å². The van der Waals surface area contributed by atoms with Crippen LogP contribution >= 0.6 is 0 Å². The number of carbonyl (C=O) groups is 2. The molecule has 0 saturated carbocycles. The monoisotopic (exact) mass is 390 g/mol. The minimum atomic E-state index is -0.605. The molecule has 0 spiro atoms. The van der Waals surface area contributed by atoms with Gasteiger partial charge in [0.05, 0.1) is 26.0 Å². The molecule has 1 aromatic heterocycles. The van der Waals surface area contributed by atoms with Gasteiger partial charge in [-0.2, -0.15) is 4.98 Å². The number of hydrogen-bond acceptors (Lipinski definition) is 8. The molecule has 0 aliphatic rings. The van der Waals surface area contributed by atoms with Crippen molar-refractivity contribution < 1.29 is 19.1 Å². The van der Waals surface area contributed by atoms with E-state index in [1.54, 1.807) is 0 Å². The summed E-state index contributed by atoms with van der Waals surface area (Å²) >= 11 is 0. The van der Waals surface area contributed by atoms with E-state index in [4.69, 9.17) is 15.9 Å². The summed E-state index contributed by atoms with van der Waals surface area (Å²) in [4.78, 5) is 32.7. The van der Waals surface area contributed by atoms with E-state index >= 15 is 0 Å². The SMILES string of the molecule is C#Cc1cnc(N[C@H](CC(C)C)C(=O)OC)nc1N[C@H](CC(C)C)C(=O)OC. The Kier molecular flexibility index (Phi) is 9.22. The Bertz CT molecular complexity index is 713. The van der Waals surface area contributed by atoms with Crippen LogP contribution in [-0.2, 0) is 19.1 Å². The van der Waals surface area contributed by atoms with Gasteiger partial charge in [0.1, 0.15) is 17.9 Å². The Morgan fingerprint density at radius 3 is 1.96 bits per heavy atom. The number of carbonyl (C=O) groups excluding carboxylic acids is 2. The van der Waals surface area contributed by atoms with Crippen molar-refractivity contribution in [2.24, 2.45) is 11.8 Å². The van der Waals surface area contributed by atoms with Gasteiger partial charge in [0, 0.05) is 0 Å². The minimum Gasteiger partial charge on any atom is -0.467 e. The number of methoxy groups -OCH3 is 2. The van der Waals surface area contributed by atoms with E-state index in [9.17, 15) is 9.59 Å². The Balaban J connectivity index is 3.14. The molecule has 0 aliphatic carbocycles. The van der Waals surface area contributed by atoms with Crippen molar-refractivity contribution in [3.8, 4) is 12.3 Å². The van der Waals surface area contributed by atoms with Crippen LogP contribution in [0.25, 0.3) is 0 Å². The molecule has 0 saturated heterocycles. The van der Waals surface area contributed by atoms with E-state index in [0.29, 0.717) is 24.2 Å². The van der Waals surface area contributed by atoms with Crippen LogP contribution < -0.4 is 10.6 Å². The van der Waals surface area contributed by atoms with Crippen molar-refractivity contribution in [3.63, 3.8) is 0 Å². The fourth-order valence-electron chi connectivity index (χ4n) is 2.64. The Labute approximate surface area is 166 Å². The van der Waals surface area contributed by atoms with Crippen LogP contribution in [0.5, 0.6) is 0 Å². The topological polar surface area (TPSA) is 102 Å². The van der Waals surface area contributed by atoms with Gasteiger partial charge in [0.25, 0.3) is 0 Å². The summed E-state index contributed by atoms with van der Waals surface area (Å²) < 4.78 is 9.72. The standard InChI is InChI=1S/C20H30N4O4/c1-8-14-11-21-20(23-16(10-13(4)5)19(26)28-7)24-17(14)22-15(9-12(2)3)18(25)27-6/h1,11-13,15-16H,9-10H2,2-7H3,(H2,21,22,23,24)/t15-,16-/m1/s1. The van der Waals surface area contributed by atoms with Gasteiger partial charge in [0.2, 0.25) is 5.95 Å². The van der Waals surface area contributed by atoms with Gasteiger partial charge in [-0.1, -0.05) is 33.6 Å². The molecule has 0 radical (unpaired) electrons. The largest absolute Gasteiger partial charge is 0.467 e. The number of nitrogens with zero attached hydrogens (tertiary/aromatic N) is 2. The van der Waals surface area contributed by atoms with Crippen molar-refractivity contribution in [3.05, 3.63) is 11.8 Å². The highest BCUT2D eigenvalue weighted by Gasteiger charge is 2.24.